The van der Waals surface area contributed by atoms with Crippen LogP contribution < -0.4 is 0 Å². The van der Waals surface area contributed by atoms with Crippen LogP contribution >= 0.6 is 22.6 Å². The first-order valence-electron chi connectivity index (χ1n) is 8.78. The lowest BCUT2D eigenvalue weighted by molar-refractivity contribution is -0.204. The highest BCUT2D eigenvalue weighted by molar-refractivity contribution is 14.1. The molecule has 21 heavy (non-hydrogen) atoms. The van der Waals surface area contributed by atoms with Gasteiger partial charge < -0.3 is 4.74 Å². The van der Waals surface area contributed by atoms with E-state index in [4.69, 9.17) is 4.74 Å². The molecule has 0 radical (unpaired) electrons. The van der Waals surface area contributed by atoms with Gasteiger partial charge in [-0.1, -0.05) is 36.4 Å². The summed E-state index contributed by atoms with van der Waals surface area (Å²) in [5, 5.41) is 0. The van der Waals surface area contributed by atoms with Gasteiger partial charge in [0.1, 0.15) is 9.53 Å². The average Bonchev–Trinajstić information content (AvgIpc) is 2.44. The molecule has 2 nitrogen and oxygen atoms in total. The largest absolute Gasteiger partial charge is 0.458 e. The zero-order valence-electron chi connectivity index (χ0n) is 13.7. The van der Waals surface area contributed by atoms with Crippen LogP contribution in [0.5, 0.6) is 0 Å². The lowest BCUT2D eigenvalue weighted by Crippen LogP contribution is -2.58. The summed E-state index contributed by atoms with van der Waals surface area (Å²) in [7, 11) is 0. The van der Waals surface area contributed by atoms with E-state index in [0.29, 0.717) is 0 Å². The third-order valence-electron chi connectivity index (χ3n) is 6.77. The number of halogens is 1. The molecule has 0 N–H and O–H groups in total. The highest BCUT2D eigenvalue weighted by Gasteiger charge is 2.59. The number of hydrogen-bond donors (Lipinski definition) is 0. The van der Waals surface area contributed by atoms with Crippen LogP contribution in [0.2, 0.25) is 0 Å². The maximum absolute atomic E-state index is 12.4. The molecule has 0 spiro atoms. The van der Waals surface area contributed by atoms with Crippen LogP contribution in [-0.4, -0.2) is 15.5 Å². The second-order valence-electron chi connectivity index (χ2n) is 8.08. The Morgan fingerprint density at radius 1 is 1.19 bits per heavy atom. The van der Waals surface area contributed by atoms with E-state index in [0.717, 1.165) is 30.6 Å². The summed E-state index contributed by atoms with van der Waals surface area (Å²) in [6, 6.07) is 0. The van der Waals surface area contributed by atoms with Gasteiger partial charge in [0.25, 0.3) is 0 Å². The van der Waals surface area contributed by atoms with Crippen molar-refractivity contribution >= 4 is 28.6 Å². The van der Waals surface area contributed by atoms with Crippen molar-refractivity contribution in [2.45, 2.75) is 81.7 Å². The van der Waals surface area contributed by atoms with Crippen molar-refractivity contribution in [3.63, 3.8) is 0 Å². The number of carbonyl (C=O) groups is 1. The van der Waals surface area contributed by atoms with Gasteiger partial charge in [0.2, 0.25) is 0 Å². The van der Waals surface area contributed by atoms with E-state index in [1.165, 1.54) is 38.5 Å². The molecule has 0 aromatic rings. The van der Waals surface area contributed by atoms with Crippen molar-refractivity contribution < 1.29 is 9.53 Å². The van der Waals surface area contributed by atoms with Crippen LogP contribution in [0, 0.1) is 23.2 Å². The molecule has 0 aromatic heterocycles. The van der Waals surface area contributed by atoms with Gasteiger partial charge in [0.05, 0.1) is 0 Å². The van der Waals surface area contributed by atoms with Crippen LogP contribution in [0.25, 0.3) is 0 Å². The molecule has 4 aliphatic rings. The topological polar surface area (TPSA) is 26.3 Å². The van der Waals surface area contributed by atoms with E-state index in [1.54, 1.807) is 0 Å². The Morgan fingerprint density at radius 2 is 1.67 bits per heavy atom. The Bertz CT molecular complexity index is 384. The molecule has 2 atom stereocenters. The third-order valence-corrected chi connectivity index (χ3v) is 8.16. The zero-order valence-corrected chi connectivity index (χ0v) is 15.8. The van der Waals surface area contributed by atoms with Crippen LogP contribution in [0.1, 0.15) is 72.1 Å². The van der Waals surface area contributed by atoms with E-state index in [1.807, 2.05) is 0 Å². The number of hydrogen-bond acceptors (Lipinski definition) is 2. The molecule has 4 rings (SSSR count). The van der Waals surface area contributed by atoms with Gasteiger partial charge in [-0.25, -0.2) is 0 Å². The van der Waals surface area contributed by atoms with Crippen LogP contribution in [0.3, 0.4) is 0 Å². The van der Waals surface area contributed by atoms with E-state index in [2.05, 4.69) is 43.4 Å². The second kappa shape index (κ2) is 5.68. The smallest absolute Gasteiger partial charge is 0.319 e. The molecule has 4 bridgehead atoms. The minimum atomic E-state index is -0.251. The predicted molar refractivity (Wildman–Crippen MR) is 93.5 cm³/mol. The molecule has 4 aliphatic carbocycles. The predicted octanol–water partition coefficient (Wildman–Crippen LogP) is 5.13. The molecule has 4 fully saturated rings. The van der Waals surface area contributed by atoms with E-state index in [9.17, 15) is 4.79 Å². The molecule has 0 aromatic carbocycles. The van der Waals surface area contributed by atoms with Gasteiger partial charge in [-0.15, -0.1) is 0 Å². The fourth-order valence-electron chi connectivity index (χ4n) is 5.77. The third kappa shape index (κ3) is 2.66. The van der Waals surface area contributed by atoms with Crippen LogP contribution in [-0.2, 0) is 9.53 Å². The Morgan fingerprint density at radius 3 is 2.05 bits per heavy atom. The van der Waals surface area contributed by atoms with Gasteiger partial charge in [-0.05, 0) is 76.0 Å². The Hall–Kier alpha value is 0.200. The average molecular weight is 404 g/mol. The van der Waals surface area contributed by atoms with Gasteiger partial charge >= 0.3 is 5.97 Å². The molecule has 3 heteroatoms. The fraction of sp³-hybridized carbons (Fsp3) is 0.944. The Balaban J connectivity index is 1.83. The quantitative estimate of drug-likeness (QED) is 0.361. The summed E-state index contributed by atoms with van der Waals surface area (Å²) in [6.07, 6.45) is 10.0. The number of carbonyl (C=O) groups excluding carboxylic acids is 1. The highest BCUT2D eigenvalue weighted by atomic mass is 127. The minimum Gasteiger partial charge on any atom is -0.458 e. The van der Waals surface area contributed by atoms with Gasteiger partial charge in [0, 0.05) is 5.41 Å². The molecule has 0 heterocycles. The van der Waals surface area contributed by atoms with Crippen molar-refractivity contribution in [1.29, 1.82) is 0 Å². The minimum absolute atomic E-state index is 0.00221. The van der Waals surface area contributed by atoms with E-state index < -0.39 is 0 Å². The van der Waals surface area contributed by atoms with Crippen LogP contribution in [0.4, 0.5) is 0 Å². The molecule has 120 valence electrons. The summed E-state index contributed by atoms with van der Waals surface area (Å²) in [6.45, 7) is 6.50. The lowest BCUT2D eigenvalue weighted by Gasteiger charge is -2.62. The number of esters is 1. The number of ether oxygens (including phenoxy) is 1. The summed E-state index contributed by atoms with van der Waals surface area (Å²) in [5.74, 6) is 2.73. The van der Waals surface area contributed by atoms with Gasteiger partial charge in [0.15, 0.2) is 0 Å². The van der Waals surface area contributed by atoms with Crippen molar-refractivity contribution in [2.75, 3.05) is 0 Å². The van der Waals surface area contributed by atoms with Gasteiger partial charge in [-0.2, -0.15) is 0 Å². The molecule has 0 aliphatic heterocycles. The van der Waals surface area contributed by atoms with Crippen LogP contribution in [0.15, 0.2) is 0 Å². The summed E-state index contributed by atoms with van der Waals surface area (Å²) in [4.78, 5) is 12.4. The molecule has 0 amide bonds. The normalized spacial score (nSPS) is 41.6. The van der Waals surface area contributed by atoms with Crippen molar-refractivity contribution in [3.05, 3.63) is 0 Å². The zero-order chi connectivity index (χ0) is 15.3. The lowest BCUT2D eigenvalue weighted by atomic mass is 9.45. The summed E-state index contributed by atoms with van der Waals surface area (Å²) < 4.78 is 6.18. The SMILES string of the molecule is CCC(I)C(=O)OC(C)(CC)C12CC3CC(CC(C3)C1)C2. The maximum Gasteiger partial charge on any atom is 0.319 e. The molecule has 2 unspecified atom stereocenters. The standard InChI is InChI=1S/C18H29IO2/c1-4-15(19)16(20)21-17(3,5-2)18-9-12-6-13(10-18)8-14(7-12)11-18/h12-15H,4-11H2,1-3H3. The second-order valence-corrected chi connectivity index (χ2v) is 9.58. The van der Waals surface area contributed by atoms with Crippen molar-refractivity contribution in [3.8, 4) is 0 Å². The number of alkyl halides is 1. The molecular formula is C18H29IO2. The van der Waals surface area contributed by atoms with Crippen molar-refractivity contribution in [1.82, 2.24) is 0 Å². The van der Waals surface area contributed by atoms with Gasteiger partial charge in [-0.3, -0.25) is 4.79 Å². The summed E-state index contributed by atoms with van der Waals surface area (Å²) >= 11 is 2.23. The van der Waals surface area contributed by atoms with Crippen molar-refractivity contribution in [2.24, 2.45) is 23.2 Å². The first-order valence-corrected chi connectivity index (χ1v) is 10.0. The highest BCUT2D eigenvalue weighted by Crippen LogP contribution is 2.65. The monoisotopic (exact) mass is 404 g/mol. The molecule has 0 saturated heterocycles. The number of rotatable bonds is 5. The molecule has 4 saturated carbocycles. The summed E-state index contributed by atoms with van der Waals surface area (Å²) in [5.41, 5.74) is 0.0228. The fourth-order valence-corrected chi connectivity index (χ4v) is 5.89. The maximum atomic E-state index is 12.4. The first-order chi connectivity index (χ1) is 9.91. The van der Waals surface area contributed by atoms with E-state index in [-0.39, 0.29) is 20.9 Å². The Labute approximate surface area is 142 Å². The molecular weight excluding hydrogens is 375 g/mol. The Kier molecular flexibility index (Phi) is 4.35. The first kappa shape index (κ1) is 16.1. The van der Waals surface area contributed by atoms with E-state index >= 15 is 0 Å².